The molecular formula is C18H17Cl2NO4. The summed E-state index contributed by atoms with van der Waals surface area (Å²) >= 11 is 11.9. The average molecular weight is 382 g/mol. The fourth-order valence-corrected chi connectivity index (χ4v) is 2.76. The van der Waals surface area contributed by atoms with Gasteiger partial charge >= 0.3 is 5.97 Å². The molecule has 0 aromatic heterocycles. The third kappa shape index (κ3) is 5.96. The number of amides is 1. The fraction of sp³-hybridized carbons (Fsp3) is 0.222. The quantitative estimate of drug-likeness (QED) is 0.748. The SMILES string of the molecule is C[C@@H](NC(=O)COC(=O)Cc1ccc(O)cc1)c1ccc(Cl)cc1Cl. The van der Waals surface area contributed by atoms with E-state index in [9.17, 15) is 14.7 Å². The van der Waals surface area contributed by atoms with Gasteiger partial charge in [0.05, 0.1) is 12.5 Å². The molecule has 0 saturated heterocycles. The molecule has 0 bridgehead atoms. The predicted octanol–water partition coefficient (Wildman–Crippen LogP) is 3.66. The number of ether oxygens (including phenoxy) is 1. The molecule has 132 valence electrons. The third-order valence-corrected chi connectivity index (χ3v) is 4.02. The van der Waals surface area contributed by atoms with Crippen LogP contribution >= 0.6 is 23.2 Å². The van der Waals surface area contributed by atoms with Crippen LogP contribution in [0.15, 0.2) is 42.5 Å². The summed E-state index contributed by atoms with van der Waals surface area (Å²) in [5.41, 5.74) is 1.40. The lowest BCUT2D eigenvalue weighted by Crippen LogP contribution is -2.31. The summed E-state index contributed by atoms with van der Waals surface area (Å²) in [6.45, 7) is 1.39. The van der Waals surface area contributed by atoms with E-state index in [0.717, 1.165) is 5.56 Å². The van der Waals surface area contributed by atoms with Gasteiger partial charge in [-0.1, -0.05) is 41.4 Å². The molecular weight excluding hydrogens is 365 g/mol. The van der Waals surface area contributed by atoms with Gasteiger partial charge in [-0.25, -0.2) is 0 Å². The normalized spacial score (nSPS) is 11.6. The number of rotatable bonds is 6. The Labute approximate surface area is 155 Å². The van der Waals surface area contributed by atoms with E-state index in [1.807, 2.05) is 0 Å². The molecule has 1 atom stereocenters. The zero-order chi connectivity index (χ0) is 18.4. The van der Waals surface area contributed by atoms with E-state index < -0.39 is 11.9 Å². The van der Waals surface area contributed by atoms with E-state index in [1.165, 1.54) is 12.1 Å². The second-order valence-corrected chi connectivity index (χ2v) is 6.30. The number of esters is 1. The smallest absolute Gasteiger partial charge is 0.310 e. The monoisotopic (exact) mass is 381 g/mol. The van der Waals surface area contributed by atoms with Gasteiger partial charge in [0.2, 0.25) is 0 Å². The lowest BCUT2D eigenvalue weighted by molar-refractivity contribution is -0.148. The second kappa shape index (κ2) is 8.74. The van der Waals surface area contributed by atoms with Crippen LogP contribution in [0.1, 0.15) is 24.1 Å². The summed E-state index contributed by atoms with van der Waals surface area (Å²) in [4.78, 5) is 23.7. The van der Waals surface area contributed by atoms with Crippen LogP contribution in [0, 0.1) is 0 Å². The number of carbonyl (C=O) groups is 2. The Morgan fingerprint density at radius 2 is 1.84 bits per heavy atom. The number of carbonyl (C=O) groups excluding carboxylic acids is 2. The first-order valence-electron chi connectivity index (χ1n) is 7.53. The Kier molecular flexibility index (Phi) is 6.67. The average Bonchev–Trinajstić information content (AvgIpc) is 2.55. The van der Waals surface area contributed by atoms with Gasteiger partial charge in [-0.05, 0) is 42.3 Å². The van der Waals surface area contributed by atoms with Crippen LogP contribution in [0.2, 0.25) is 10.0 Å². The van der Waals surface area contributed by atoms with Gasteiger partial charge in [0.25, 0.3) is 5.91 Å². The Morgan fingerprint density at radius 3 is 2.48 bits per heavy atom. The van der Waals surface area contributed by atoms with E-state index in [4.69, 9.17) is 27.9 Å². The molecule has 0 unspecified atom stereocenters. The first-order valence-corrected chi connectivity index (χ1v) is 8.28. The molecule has 0 aliphatic carbocycles. The molecule has 5 nitrogen and oxygen atoms in total. The van der Waals surface area contributed by atoms with E-state index in [-0.39, 0.29) is 24.8 Å². The summed E-state index contributed by atoms with van der Waals surface area (Å²) in [6, 6.07) is 10.8. The van der Waals surface area contributed by atoms with Gasteiger partial charge in [-0.3, -0.25) is 9.59 Å². The van der Waals surface area contributed by atoms with Gasteiger partial charge in [0.1, 0.15) is 5.75 Å². The van der Waals surface area contributed by atoms with Crippen LogP contribution in [0.3, 0.4) is 0 Å². The van der Waals surface area contributed by atoms with Crippen molar-refractivity contribution in [3.63, 3.8) is 0 Å². The van der Waals surface area contributed by atoms with Gasteiger partial charge in [-0.2, -0.15) is 0 Å². The fourth-order valence-electron chi connectivity index (χ4n) is 2.19. The molecule has 2 N–H and O–H groups in total. The number of phenolic OH excluding ortho intramolecular Hbond substituents is 1. The van der Waals surface area contributed by atoms with Crippen LogP contribution in [-0.4, -0.2) is 23.6 Å². The highest BCUT2D eigenvalue weighted by molar-refractivity contribution is 6.35. The Bertz CT molecular complexity index is 762. The number of aromatic hydroxyl groups is 1. The number of nitrogens with one attached hydrogen (secondary N) is 1. The molecule has 0 heterocycles. The summed E-state index contributed by atoms with van der Waals surface area (Å²) in [5, 5.41) is 12.9. The molecule has 7 heteroatoms. The van der Waals surface area contributed by atoms with Gasteiger partial charge in [-0.15, -0.1) is 0 Å². The van der Waals surface area contributed by atoms with Crippen molar-refractivity contribution in [2.75, 3.05) is 6.61 Å². The van der Waals surface area contributed by atoms with Gasteiger partial charge in [0, 0.05) is 10.0 Å². The maximum absolute atomic E-state index is 11.9. The topological polar surface area (TPSA) is 75.6 Å². The largest absolute Gasteiger partial charge is 0.508 e. The molecule has 0 radical (unpaired) electrons. The number of hydrogen-bond donors (Lipinski definition) is 2. The van der Waals surface area contributed by atoms with E-state index >= 15 is 0 Å². The lowest BCUT2D eigenvalue weighted by Gasteiger charge is -2.16. The van der Waals surface area contributed by atoms with Crippen molar-refractivity contribution >= 4 is 35.1 Å². The molecule has 0 aliphatic rings. The summed E-state index contributed by atoms with van der Waals surface area (Å²) < 4.78 is 4.96. The van der Waals surface area contributed by atoms with E-state index in [1.54, 1.807) is 37.3 Å². The van der Waals surface area contributed by atoms with Crippen LogP contribution in [0.25, 0.3) is 0 Å². The number of hydrogen-bond acceptors (Lipinski definition) is 4. The van der Waals surface area contributed by atoms with Crippen molar-refractivity contribution in [2.24, 2.45) is 0 Å². The van der Waals surface area contributed by atoms with Crippen LogP contribution in [0.4, 0.5) is 0 Å². The number of halogens is 2. The van der Waals surface area contributed by atoms with Crippen LogP contribution in [-0.2, 0) is 20.7 Å². The molecule has 25 heavy (non-hydrogen) atoms. The van der Waals surface area contributed by atoms with Crippen molar-refractivity contribution in [2.45, 2.75) is 19.4 Å². The number of benzene rings is 2. The second-order valence-electron chi connectivity index (χ2n) is 5.46. The summed E-state index contributed by atoms with van der Waals surface area (Å²) in [7, 11) is 0. The van der Waals surface area contributed by atoms with Crippen molar-refractivity contribution in [1.82, 2.24) is 5.32 Å². The molecule has 1 amide bonds. The lowest BCUT2D eigenvalue weighted by atomic mass is 10.1. The van der Waals surface area contributed by atoms with Crippen molar-refractivity contribution in [1.29, 1.82) is 0 Å². The van der Waals surface area contributed by atoms with Crippen LogP contribution in [0.5, 0.6) is 5.75 Å². The third-order valence-electron chi connectivity index (χ3n) is 3.46. The van der Waals surface area contributed by atoms with E-state index in [0.29, 0.717) is 15.6 Å². The molecule has 0 saturated carbocycles. The minimum absolute atomic E-state index is 0.0200. The minimum Gasteiger partial charge on any atom is -0.508 e. The Balaban J connectivity index is 1.81. The molecule has 2 aromatic rings. The minimum atomic E-state index is -0.530. The van der Waals surface area contributed by atoms with Crippen LogP contribution < -0.4 is 5.32 Å². The Morgan fingerprint density at radius 1 is 1.16 bits per heavy atom. The van der Waals surface area contributed by atoms with Crippen molar-refractivity contribution in [3.05, 3.63) is 63.6 Å². The van der Waals surface area contributed by atoms with Gasteiger partial charge < -0.3 is 15.2 Å². The highest BCUT2D eigenvalue weighted by Gasteiger charge is 2.14. The molecule has 2 rings (SSSR count). The first-order chi connectivity index (χ1) is 11.8. The highest BCUT2D eigenvalue weighted by Crippen LogP contribution is 2.25. The van der Waals surface area contributed by atoms with Gasteiger partial charge in [0.15, 0.2) is 6.61 Å². The molecule has 0 aliphatic heterocycles. The summed E-state index contributed by atoms with van der Waals surface area (Å²) in [5.74, 6) is -0.845. The molecule has 0 spiro atoms. The molecule has 0 fully saturated rings. The van der Waals surface area contributed by atoms with E-state index in [2.05, 4.69) is 5.32 Å². The standard InChI is InChI=1S/C18H17Cl2NO4/c1-11(15-7-4-13(19)9-16(15)20)21-17(23)10-25-18(24)8-12-2-5-14(22)6-3-12/h2-7,9,11,22H,8,10H2,1H3,(H,21,23)/t11-/m1/s1. The van der Waals surface area contributed by atoms with Crippen molar-refractivity contribution in [3.8, 4) is 5.75 Å². The maximum Gasteiger partial charge on any atom is 0.310 e. The zero-order valence-electron chi connectivity index (χ0n) is 13.5. The Hall–Kier alpha value is -2.24. The number of phenols is 1. The highest BCUT2D eigenvalue weighted by atomic mass is 35.5. The van der Waals surface area contributed by atoms with Crippen molar-refractivity contribution < 1.29 is 19.4 Å². The zero-order valence-corrected chi connectivity index (χ0v) is 15.0. The maximum atomic E-state index is 11.9. The molecule has 2 aromatic carbocycles. The first kappa shape index (κ1) is 19.1. The predicted molar refractivity (Wildman–Crippen MR) is 95.8 cm³/mol. The summed E-state index contributed by atoms with van der Waals surface area (Å²) in [6.07, 6.45) is 0.0200.